The van der Waals surface area contributed by atoms with Gasteiger partial charge in [-0.05, 0) is 17.7 Å². The van der Waals surface area contributed by atoms with Crippen LogP contribution in [0.15, 0.2) is 60.0 Å². The number of rotatable bonds is 6. The molecular formula is C16H13N4O2S-. The summed E-state index contributed by atoms with van der Waals surface area (Å²) in [6.45, 7) is 0.549. The van der Waals surface area contributed by atoms with Gasteiger partial charge in [0, 0.05) is 23.7 Å². The molecule has 0 spiro atoms. The molecule has 0 saturated heterocycles. The van der Waals surface area contributed by atoms with Gasteiger partial charge >= 0.3 is 0 Å². The van der Waals surface area contributed by atoms with Gasteiger partial charge in [0.1, 0.15) is 0 Å². The Hall–Kier alpha value is -2.67. The average molecular weight is 325 g/mol. The third-order valence-corrected chi connectivity index (χ3v) is 4.08. The molecule has 116 valence electrons. The van der Waals surface area contributed by atoms with Crippen molar-refractivity contribution in [1.82, 2.24) is 19.7 Å². The summed E-state index contributed by atoms with van der Waals surface area (Å²) >= 11 is 1.10. The normalized spacial score (nSPS) is 10.6. The Morgan fingerprint density at radius 2 is 1.96 bits per heavy atom. The minimum atomic E-state index is -1.13. The van der Waals surface area contributed by atoms with Crippen molar-refractivity contribution in [2.24, 2.45) is 0 Å². The van der Waals surface area contributed by atoms with E-state index in [9.17, 15) is 9.90 Å². The van der Waals surface area contributed by atoms with E-state index in [2.05, 4.69) is 15.2 Å². The molecule has 0 aliphatic carbocycles. The third-order valence-electron chi connectivity index (χ3n) is 3.14. The van der Waals surface area contributed by atoms with Gasteiger partial charge < -0.3 is 9.90 Å². The molecule has 0 unspecified atom stereocenters. The van der Waals surface area contributed by atoms with Gasteiger partial charge in [-0.3, -0.25) is 9.55 Å². The second-order valence-electron chi connectivity index (χ2n) is 4.78. The van der Waals surface area contributed by atoms with Crippen LogP contribution in [0.25, 0.3) is 11.4 Å². The zero-order chi connectivity index (χ0) is 16.1. The summed E-state index contributed by atoms with van der Waals surface area (Å²) in [5.41, 5.74) is 1.91. The van der Waals surface area contributed by atoms with Crippen molar-refractivity contribution < 1.29 is 9.90 Å². The number of benzene rings is 1. The van der Waals surface area contributed by atoms with Crippen molar-refractivity contribution in [1.29, 1.82) is 0 Å². The van der Waals surface area contributed by atoms with Crippen molar-refractivity contribution in [3.8, 4) is 11.4 Å². The first-order valence-electron chi connectivity index (χ1n) is 6.94. The Morgan fingerprint density at radius 3 is 2.65 bits per heavy atom. The van der Waals surface area contributed by atoms with Crippen LogP contribution in [0.3, 0.4) is 0 Å². The van der Waals surface area contributed by atoms with Crippen LogP contribution in [-0.2, 0) is 11.3 Å². The molecule has 3 aromatic rings. The maximum atomic E-state index is 10.7. The SMILES string of the molecule is O=C([O-])CSc1nnc(-c2cccnc2)n1Cc1ccccc1. The van der Waals surface area contributed by atoms with E-state index in [0.717, 1.165) is 22.9 Å². The number of hydrogen-bond acceptors (Lipinski definition) is 6. The number of aromatic nitrogens is 4. The van der Waals surface area contributed by atoms with Crippen molar-refractivity contribution >= 4 is 17.7 Å². The minimum absolute atomic E-state index is 0.167. The summed E-state index contributed by atoms with van der Waals surface area (Å²) in [5.74, 6) is -0.644. The number of carboxylic acid groups (broad SMARTS) is 1. The molecule has 0 aliphatic rings. The molecule has 0 aliphatic heterocycles. The van der Waals surface area contributed by atoms with Crippen LogP contribution < -0.4 is 5.11 Å². The molecule has 0 saturated carbocycles. The molecule has 7 heteroatoms. The molecule has 0 atom stereocenters. The van der Waals surface area contributed by atoms with Crippen molar-refractivity contribution in [2.45, 2.75) is 11.7 Å². The Morgan fingerprint density at radius 1 is 1.13 bits per heavy atom. The van der Waals surface area contributed by atoms with Gasteiger partial charge in [0.2, 0.25) is 0 Å². The zero-order valence-corrected chi connectivity index (χ0v) is 12.9. The molecule has 23 heavy (non-hydrogen) atoms. The lowest BCUT2D eigenvalue weighted by Crippen LogP contribution is -2.24. The third kappa shape index (κ3) is 3.75. The highest BCUT2D eigenvalue weighted by Gasteiger charge is 2.14. The first kappa shape index (κ1) is 15.2. The van der Waals surface area contributed by atoms with E-state index in [1.807, 2.05) is 47.0 Å². The van der Waals surface area contributed by atoms with E-state index in [1.165, 1.54) is 0 Å². The van der Waals surface area contributed by atoms with Crippen LogP contribution in [0.5, 0.6) is 0 Å². The number of pyridine rings is 1. The lowest BCUT2D eigenvalue weighted by atomic mass is 10.2. The summed E-state index contributed by atoms with van der Waals surface area (Å²) in [7, 11) is 0. The monoisotopic (exact) mass is 325 g/mol. The Labute approximate surface area is 137 Å². The van der Waals surface area contributed by atoms with Crippen LogP contribution >= 0.6 is 11.8 Å². The Kier molecular flexibility index (Phi) is 4.68. The van der Waals surface area contributed by atoms with Gasteiger partial charge in [0.05, 0.1) is 12.5 Å². The number of carbonyl (C=O) groups excluding carboxylic acids is 1. The maximum Gasteiger partial charge on any atom is 0.192 e. The second-order valence-corrected chi connectivity index (χ2v) is 5.72. The fourth-order valence-electron chi connectivity index (χ4n) is 2.14. The molecular weight excluding hydrogens is 312 g/mol. The number of thioether (sulfide) groups is 1. The van der Waals surface area contributed by atoms with E-state index in [-0.39, 0.29) is 5.75 Å². The number of carbonyl (C=O) groups is 1. The Bertz CT molecular complexity index is 790. The van der Waals surface area contributed by atoms with Crippen molar-refractivity contribution in [3.05, 3.63) is 60.4 Å². The van der Waals surface area contributed by atoms with Crippen molar-refractivity contribution in [3.63, 3.8) is 0 Å². The predicted molar refractivity (Wildman–Crippen MR) is 84.5 cm³/mol. The summed E-state index contributed by atoms with van der Waals surface area (Å²) in [5, 5.41) is 19.6. The quantitative estimate of drug-likeness (QED) is 0.634. The van der Waals surface area contributed by atoms with Gasteiger partial charge in [-0.25, -0.2) is 0 Å². The highest BCUT2D eigenvalue weighted by Crippen LogP contribution is 2.24. The minimum Gasteiger partial charge on any atom is -0.549 e. The van der Waals surface area contributed by atoms with Crippen LogP contribution in [-0.4, -0.2) is 31.5 Å². The summed E-state index contributed by atoms with van der Waals surface area (Å²) in [6, 6.07) is 13.6. The zero-order valence-electron chi connectivity index (χ0n) is 12.1. The van der Waals surface area contributed by atoms with Crippen molar-refractivity contribution in [2.75, 3.05) is 5.75 Å². The number of nitrogens with zero attached hydrogens (tertiary/aromatic N) is 4. The molecule has 2 aromatic heterocycles. The van der Waals surface area contributed by atoms with Crippen LogP contribution in [0.4, 0.5) is 0 Å². The fraction of sp³-hybridized carbons (Fsp3) is 0.125. The van der Waals surface area contributed by atoms with E-state index in [0.29, 0.717) is 17.5 Å². The largest absolute Gasteiger partial charge is 0.549 e. The standard InChI is InChI=1S/C16H14N4O2S/c21-14(22)11-23-16-19-18-15(13-7-4-8-17-9-13)20(16)10-12-5-2-1-3-6-12/h1-9H,10-11H2,(H,21,22)/p-1. The molecule has 3 rings (SSSR count). The molecule has 0 N–H and O–H groups in total. The fourth-order valence-corrected chi connectivity index (χ4v) is 2.79. The van der Waals surface area contributed by atoms with E-state index < -0.39 is 5.97 Å². The highest BCUT2D eigenvalue weighted by molar-refractivity contribution is 7.99. The molecule has 2 heterocycles. The Balaban J connectivity index is 1.97. The smallest absolute Gasteiger partial charge is 0.192 e. The topological polar surface area (TPSA) is 83.7 Å². The lowest BCUT2D eigenvalue weighted by Gasteiger charge is -2.10. The van der Waals surface area contributed by atoms with Crippen LogP contribution in [0.1, 0.15) is 5.56 Å². The lowest BCUT2D eigenvalue weighted by molar-refractivity contribution is -0.301. The second kappa shape index (κ2) is 7.06. The van der Waals surface area contributed by atoms with E-state index in [4.69, 9.17) is 0 Å². The highest BCUT2D eigenvalue weighted by atomic mass is 32.2. The molecule has 0 fully saturated rings. The van der Waals surface area contributed by atoms with Gasteiger partial charge in [-0.2, -0.15) is 0 Å². The summed E-state index contributed by atoms with van der Waals surface area (Å²) < 4.78 is 1.89. The first-order valence-corrected chi connectivity index (χ1v) is 7.93. The van der Waals surface area contributed by atoms with E-state index in [1.54, 1.807) is 12.4 Å². The van der Waals surface area contributed by atoms with Gasteiger partial charge in [-0.1, -0.05) is 42.1 Å². The number of hydrogen-bond donors (Lipinski definition) is 0. The van der Waals surface area contributed by atoms with Gasteiger partial charge in [0.15, 0.2) is 11.0 Å². The molecule has 1 aromatic carbocycles. The summed E-state index contributed by atoms with van der Waals surface area (Å²) in [6.07, 6.45) is 3.39. The summed E-state index contributed by atoms with van der Waals surface area (Å²) in [4.78, 5) is 14.8. The van der Waals surface area contributed by atoms with Gasteiger partial charge in [-0.15, -0.1) is 10.2 Å². The first-order chi connectivity index (χ1) is 11.2. The average Bonchev–Trinajstić information content (AvgIpc) is 2.97. The molecule has 0 bridgehead atoms. The van der Waals surface area contributed by atoms with Gasteiger partial charge in [0.25, 0.3) is 0 Å². The molecule has 0 radical (unpaired) electrons. The van der Waals surface area contributed by atoms with E-state index >= 15 is 0 Å². The maximum absolute atomic E-state index is 10.7. The molecule has 6 nitrogen and oxygen atoms in total. The predicted octanol–water partition coefficient (Wildman–Crippen LogP) is 1.23. The number of aliphatic carboxylic acids is 1. The van der Waals surface area contributed by atoms with Crippen LogP contribution in [0.2, 0.25) is 0 Å². The molecule has 0 amide bonds. The number of carboxylic acids is 1. The van der Waals surface area contributed by atoms with Crippen LogP contribution in [0, 0.1) is 0 Å².